The van der Waals surface area contributed by atoms with Gasteiger partial charge < -0.3 is 9.84 Å². The molecule has 1 N–H and O–H groups in total. The Morgan fingerprint density at radius 2 is 1.83 bits per heavy atom. The normalized spacial score (nSPS) is 11.2. The molecular weight excluding hydrogens is 382 g/mol. The summed E-state index contributed by atoms with van der Waals surface area (Å²) in [6, 6.07) is 21.0. The topological polar surface area (TPSA) is 58.9 Å². The number of thiophene rings is 1. The molecule has 0 aliphatic rings. The number of rotatable bonds is 5. The van der Waals surface area contributed by atoms with Crippen LogP contribution in [0.25, 0.3) is 21.9 Å². The summed E-state index contributed by atoms with van der Waals surface area (Å²) < 4.78 is 5.28. The van der Waals surface area contributed by atoms with E-state index < -0.39 is 5.97 Å². The molecule has 1 heterocycles. The molecule has 4 rings (SSSR count). The van der Waals surface area contributed by atoms with Crippen molar-refractivity contribution in [3.8, 4) is 16.9 Å². The predicted molar refractivity (Wildman–Crippen MR) is 119 cm³/mol. The molecule has 1 aromatic heterocycles. The quantitative estimate of drug-likeness (QED) is 0.320. The summed E-state index contributed by atoms with van der Waals surface area (Å²) in [5.74, 6) is -0.258. The molecule has 4 aromatic rings. The molecule has 0 fully saturated rings. The van der Waals surface area contributed by atoms with Crippen LogP contribution in [0.2, 0.25) is 0 Å². The molecular formula is C24H19NO3S. The van der Waals surface area contributed by atoms with Gasteiger partial charge in [0.25, 0.3) is 0 Å². The fraction of sp³-hybridized carbons (Fsp3) is 0.0833. The number of hydrogen-bond donors (Lipinski definition) is 1. The van der Waals surface area contributed by atoms with E-state index in [-0.39, 0.29) is 12.4 Å². The van der Waals surface area contributed by atoms with Gasteiger partial charge in [0.2, 0.25) is 0 Å². The van der Waals surface area contributed by atoms with Gasteiger partial charge in [-0.2, -0.15) is 0 Å². The predicted octanol–water partition coefficient (Wildman–Crippen LogP) is 6.20. The first-order valence-corrected chi connectivity index (χ1v) is 10.2. The minimum Gasteiger partial charge on any atom is -0.507 e. The maximum Gasteiger partial charge on any atom is 0.341 e. The van der Waals surface area contributed by atoms with Gasteiger partial charge in [-0.15, -0.1) is 11.3 Å². The molecule has 0 amide bonds. The lowest BCUT2D eigenvalue weighted by atomic mass is 10.0. The van der Waals surface area contributed by atoms with Gasteiger partial charge in [-0.3, -0.25) is 0 Å². The standard InChI is InChI=1S/C24H19NO3S/c1-2-28-24(27)22-20(16-8-4-3-5-9-16)15-29-23(22)25-14-19-18-11-7-6-10-17(18)12-13-21(19)26/h3-15,26H,2H2,1H3/b25-14+. The lowest BCUT2D eigenvalue weighted by molar-refractivity contribution is 0.0529. The highest BCUT2D eigenvalue weighted by Crippen LogP contribution is 2.38. The summed E-state index contributed by atoms with van der Waals surface area (Å²) in [5, 5.41) is 14.7. The van der Waals surface area contributed by atoms with Gasteiger partial charge in [0.15, 0.2) is 0 Å². The third-order valence-electron chi connectivity index (χ3n) is 4.59. The van der Waals surface area contributed by atoms with Crippen molar-refractivity contribution in [2.24, 2.45) is 4.99 Å². The van der Waals surface area contributed by atoms with Crippen LogP contribution in [0.15, 0.2) is 77.1 Å². The Labute approximate surface area is 172 Å². The molecule has 3 aromatic carbocycles. The van der Waals surface area contributed by atoms with E-state index in [0.717, 1.165) is 21.9 Å². The molecule has 0 saturated carbocycles. The highest BCUT2D eigenvalue weighted by atomic mass is 32.1. The number of aliphatic imine (C=N–C) groups is 1. The van der Waals surface area contributed by atoms with Crippen LogP contribution in [-0.4, -0.2) is 23.9 Å². The Morgan fingerprint density at radius 1 is 1.07 bits per heavy atom. The first-order chi connectivity index (χ1) is 14.2. The molecule has 29 heavy (non-hydrogen) atoms. The van der Waals surface area contributed by atoms with Crippen LogP contribution in [-0.2, 0) is 4.74 Å². The number of carbonyl (C=O) groups excluding carboxylic acids is 1. The summed E-state index contributed by atoms with van der Waals surface area (Å²) in [5.41, 5.74) is 2.79. The van der Waals surface area contributed by atoms with E-state index in [9.17, 15) is 9.90 Å². The zero-order valence-corrected chi connectivity index (χ0v) is 16.6. The largest absolute Gasteiger partial charge is 0.507 e. The van der Waals surface area contributed by atoms with E-state index in [1.807, 2.05) is 66.0 Å². The van der Waals surface area contributed by atoms with Crippen LogP contribution >= 0.6 is 11.3 Å². The van der Waals surface area contributed by atoms with E-state index in [1.165, 1.54) is 11.3 Å². The fourth-order valence-corrected chi connectivity index (χ4v) is 4.12. The number of ether oxygens (including phenoxy) is 1. The van der Waals surface area contributed by atoms with Gasteiger partial charge in [-0.05, 0) is 29.3 Å². The Morgan fingerprint density at radius 3 is 2.62 bits per heavy atom. The number of phenolic OH excluding ortho intramolecular Hbond substituents is 1. The van der Waals surface area contributed by atoms with E-state index in [2.05, 4.69) is 4.99 Å². The molecule has 4 nitrogen and oxygen atoms in total. The number of nitrogens with zero attached hydrogens (tertiary/aromatic N) is 1. The summed E-state index contributed by atoms with van der Waals surface area (Å²) in [4.78, 5) is 17.2. The van der Waals surface area contributed by atoms with E-state index >= 15 is 0 Å². The minimum atomic E-state index is -0.401. The van der Waals surface area contributed by atoms with Crippen molar-refractivity contribution in [1.29, 1.82) is 0 Å². The number of hydrogen-bond acceptors (Lipinski definition) is 5. The number of phenols is 1. The van der Waals surface area contributed by atoms with Gasteiger partial charge >= 0.3 is 5.97 Å². The molecule has 0 saturated heterocycles. The van der Waals surface area contributed by atoms with Crippen molar-refractivity contribution in [2.75, 3.05) is 6.61 Å². The van der Waals surface area contributed by atoms with Crippen molar-refractivity contribution in [2.45, 2.75) is 6.92 Å². The van der Waals surface area contributed by atoms with Gasteiger partial charge in [-0.25, -0.2) is 9.79 Å². The van der Waals surface area contributed by atoms with Crippen LogP contribution in [0.1, 0.15) is 22.8 Å². The lowest BCUT2D eigenvalue weighted by Gasteiger charge is -2.06. The lowest BCUT2D eigenvalue weighted by Crippen LogP contribution is -2.05. The number of carbonyl (C=O) groups is 1. The first kappa shape index (κ1) is 18.9. The average Bonchev–Trinajstić information content (AvgIpc) is 3.18. The van der Waals surface area contributed by atoms with E-state index in [1.54, 1.807) is 19.2 Å². The first-order valence-electron chi connectivity index (χ1n) is 9.28. The second-order valence-corrected chi connectivity index (χ2v) is 7.25. The molecule has 0 aliphatic carbocycles. The maximum absolute atomic E-state index is 12.7. The Bertz CT molecular complexity index is 1200. The molecule has 0 spiro atoms. The van der Waals surface area contributed by atoms with Gasteiger partial charge in [0.1, 0.15) is 16.3 Å². The molecule has 0 atom stereocenters. The highest BCUT2D eigenvalue weighted by molar-refractivity contribution is 7.14. The second kappa shape index (κ2) is 8.29. The number of benzene rings is 3. The van der Waals surface area contributed by atoms with Gasteiger partial charge in [-0.1, -0.05) is 60.7 Å². The third-order valence-corrected chi connectivity index (χ3v) is 5.48. The van der Waals surface area contributed by atoms with Crippen LogP contribution in [0.5, 0.6) is 5.75 Å². The Balaban J connectivity index is 1.81. The second-order valence-electron chi connectivity index (χ2n) is 6.39. The Kier molecular flexibility index (Phi) is 5.40. The monoisotopic (exact) mass is 401 g/mol. The average molecular weight is 401 g/mol. The van der Waals surface area contributed by atoms with Crippen LogP contribution in [0.4, 0.5) is 5.00 Å². The fourth-order valence-electron chi connectivity index (χ4n) is 3.22. The van der Waals surface area contributed by atoms with Crippen LogP contribution in [0.3, 0.4) is 0 Å². The number of fused-ring (bicyclic) bond motifs is 1. The van der Waals surface area contributed by atoms with Crippen LogP contribution < -0.4 is 0 Å². The van der Waals surface area contributed by atoms with Crippen molar-refractivity contribution in [3.63, 3.8) is 0 Å². The van der Waals surface area contributed by atoms with E-state index in [4.69, 9.17) is 4.74 Å². The maximum atomic E-state index is 12.7. The summed E-state index contributed by atoms with van der Waals surface area (Å²) in [6.07, 6.45) is 1.61. The number of aromatic hydroxyl groups is 1. The van der Waals surface area contributed by atoms with Crippen molar-refractivity contribution in [1.82, 2.24) is 0 Å². The van der Waals surface area contributed by atoms with Crippen molar-refractivity contribution in [3.05, 3.63) is 83.2 Å². The highest BCUT2D eigenvalue weighted by Gasteiger charge is 2.21. The molecule has 0 radical (unpaired) electrons. The summed E-state index contributed by atoms with van der Waals surface area (Å²) >= 11 is 1.38. The smallest absolute Gasteiger partial charge is 0.341 e. The SMILES string of the molecule is CCOC(=O)c1c(-c2ccccc2)csc1/N=C/c1c(O)ccc2ccccc12. The minimum absolute atomic E-state index is 0.143. The summed E-state index contributed by atoms with van der Waals surface area (Å²) in [6.45, 7) is 2.07. The van der Waals surface area contributed by atoms with E-state index in [0.29, 0.717) is 16.1 Å². The Hall–Kier alpha value is -3.44. The van der Waals surface area contributed by atoms with Gasteiger partial charge in [0, 0.05) is 22.7 Å². The summed E-state index contributed by atoms with van der Waals surface area (Å²) in [7, 11) is 0. The third kappa shape index (κ3) is 3.77. The van der Waals surface area contributed by atoms with Gasteiger partial charge in [0.05, 0.1) is 6.61 Å². The molecule has 0 unspecified atom stereocenters. The van der Waals surface area contributed by atoms with Crippen LogP contribution in [0, 0.1) is 0 Å². The zero-order valence-electron chi connectivity index (χ0n) is 15.8. The van der Waals surface area contributed by atoms with Crippen molar-refractivity contribution < 1.29 is 14.6 Å². The number of esters is 1. The molecule has 5 heteroatoms. The zero-order chi connectivity index (χ0) is 20.2. The molecule has 0 bridgehead atoms. The molecule has 0 aliphatic heterocycles. The van der Waals surface area contributed by atoms with Crippen molar-refractivity contribution >= 4 is 39.3 Å². The molecule has 144 valence electrons.